The molecule has 2 rings (SSSR count). The van der Waals surface area contributed by atoms with E-state index in [9.17, 15) is 5.11 Å². The highest BCUT2D eigenvalue weighted by atomic mass is 16.5. The van der Waals surface area contributed by atoms with E-state index in [2.05, 4.69) is 14.8 Å². The van der Waals surface area contributed by atoms with Gasteiger partial charge in [-0.2, -0.15) is 0 Å². The second-order valence-corrected chi connectivity index (χ2v) is 5.07. The Morgan fingerprint density at radius 3 is 2.83 bits per heavy atom. The van der Waals surface area contributed by atoms with Gasteiger partial charge in [-0.3, -0.25) is 4.90 Å². The zero-order valence-electron chi connectivity index (χ0n) is 11.3. The fourth-order valence-corrected chi connectivity index (χ4v) is 2.24. The zero-order valence-corrected chi connectivity index (χ0v) is 11.3. The lowest BCUT2D eigenvalue weighted by atomic mass is 10.3. The maximum Gasteiger partial charge on any atom is 0.147 e. The van der Waals surface area contributed by atoms with Crippen LogP contribution in [0.2, 0.25) is 0 Å². The number of nitrogens with zero attached hydrogens (tertiary/aromatic N) is 4. The molecule has 102 valence electrons. The van der Waals surface area contributed by atoms with Crippen molar-refractivity contribution in [3.8, 4) is 0 Å². The predicted molar refractivity (Wildman–Crippen MR) is 67.2 cm³/mol. The molecule has 1 N–H and O–H groups in total. The molecule has 0 bridgehead atoms. The van der Waals surface area contributed by atoms with Crippen LogP contribution in [-0.2, 0) is 11.3 Å². The molecule has 1 atom stereocenters. The topological polar surface area (TPSA) is 63.4 Å². The van der Waals surface area contributed by atoms with Gasteiger partial charge < -0.3 is 14.4 Å². The van der Waals surface area contributed by atoms with Crippen LogP contribution in [0, 0.1) is 6.92 Å². The van der Waals surface area contributed by atoms with E-state index < -0.39 is 6.10 Å². The number of likely N-dealkylation sites (N-methyl/N-ethyl adjacent to an activating group) is 1. The van der Waals surface area contributed by atoms with Crippen LogP contribution in [0.15, 0.2) is 0 Å². The Morgan fingerprint density at radius 1 is 1.50 bits per heavy atom. The quantitative estimate of drug-likeness (QED) is 0.761. The minimum atomic E-state index is -0.460. The van der Waals surface area contributed by atoms with Gasteiger partial charge in [0.2, 0.25) is 0 Å². The first-order valence-corrected chi connectivity index (χ1v) is 6.37. The van der Waals surface area contributed by atoms with Gasteiger partial charge >= 0.3 is 0 Å². The molecule has 0 spiro atoms. The van der Waals surface area contributed by atoms with Crippen molar-refractivity contribution in [1.82, 2.24) is 19.7 Å². The summed E-state index contributed by atoms with van der Waals surface area (Å²) in [6.07, 6.45) is 1.99. The molecule has 1 heterocycles. The first kappa shape index (κ1) is 13.5. The van der Waals surface area contributed by atoms with Crippen molar-refractivity contribution < 1.29 is 9.84 Å². The number of methoxy groups -OCH3 is 1. The van der Waals surface area contributed by atoms with Gasteiger partial charge in [-0.05, 0) is 26.8 Å². The van der Waals surface area contributed by atoms with Crippen molar-refractivity contribution in [2.24, 2.45) is 0 Å². The Balaban J connectivity index is 1.92. The molecule has 1 fully saturated rings. The van der Waals surface area contributed by atoms with Gasteiger partial charge in [-0.25, -0.2) is 0 Å². The highest BCUT2D eigenvalue weighted by molar-refractivity contribution is 5.01. The minimum absolute atomic E-state index is 0.360. The molecule has 0 aliphatic heterocycles. The summed E-state index contributed by atoms with van der Waals surface area (Å²) in [6, 6.07) is 0.590. The number of aliphatic hydroxyl groups is 1. The van der Waals surface area contributed by atoms with Crippen molar-refractivity contribution in [2.75, 3.05) is 27.3 Å². The van der Waals surface area contributed by atoms with E-state index in [0.717, 1.165) is 11.6 Å². The fraction of sp³-hybridized carbons (Fsp3) is 0.833. The first-order chi connectivity index (χ1) is 8.61. The number of hydrogen-bond donors (Lipinski definition) is 1. The second-order valence-electron chi connectivity index (χ2n) is 5.07. The van der Waals surface area contributed by atoms with Crippen molar-refractivity contribution in [1.29, 1.82) is 0 Å². The number of aryl methyl sites for hydroxylation is 1. The van der Waals surface area contributed by atoms with E-state index in [1.165, 1.54) is 12.8 Å². The van der Waals surface area contributed by atoms with Crippen LogP contribution in [0.4, 0.5) is 0 Å². The molecule has 1 saturated carbocycles. The number of hydrogen-bond acceptors (Lipinski definition) is 5. The number of aromatic nitrogens is 3. The lowest BCUT2D eigenvalue weighted by molar-refractivity contribution is 0.0412. The van der Waals surface area contributed by atoms with Gasteiger partial charge in [0.15, 0.2) is 0 Å². The second kappa shape index (κ2) is 5.77. The maximum atomic E-state index is 9.68. The predicted octanol–water partition coefficient (Wildman–Crippen LogP) is 0.361. The van der Waals surface area contributed by atoms with Crippen LogP contribution in [0.1, 0.15) is 30.5 Å². The van der Waals surface area contributed by atoms with E-state index in [0.29, 0.717) is 25.7 Å². The van der Waals surface area contributed by atoms with Crippen LogP contribution < -0.4 is 0 Å². The van der Waals surface area contributed by atoms with Crippen LogP contribution >= 0.6 is 0 Å². The van der Waals surface area contributed by atoms with Crippen molar-refractivity contribution in [3.63, 3.8) is 0 Å². The van der Waals surface area contributed by atoms with E-state index in [1.54, 1.807) is 7.11 Å². The molecule has 6 heteroatoms. The Labute approximate surface area is 108 Å². The van der Waals surface area contributed by atoms with E-state index >= 15 is 0 Å². The summed E-state index contributed by atoms with van der Waals surface area (Å²) < 4.78 is 7.14. The summed E-state index contributed by atoms with van der Waals surface area (Å²) >= 11 is 0. The lowest BCUT2D eigenvalue weighted by Crippen LogP contribution is -2.32. The largest absolute Gasteiger partial charge is 0.389 e. The molecule has 0 aromatic carbocycles. The van der Waals surface area contributed by atoms with E-state index in [-0.39, 0.29) is 0 Å². The third-order valence-corrected chi connectivity index (χ3v) is 3.14. The third kappa shape index (κ3) is 3.28. The summed E-state index contributed by atoms with van der Waals surface area (Å²) in [5, 5.41) is 18.1. The molecule has 1 aromatic heterocycles. The van der Waals surface area contributed by atoms with Crippen LogP contribution in [-0.4, -0.2) is 58.2 Å². The van der Waals surface area contributed by atoms with Crippen LogP contribution in [0.5, 0.6) is 0 Å². The molecule has 1 unspecified atom stereocenters. The van der Waals surface area contributed by atoms with Crippen molar-refractivity contribution in [2.45, 2.75) is 38.5 Å². The summed E-state index contributed by atoms with van der Waals surface area (Å²) in [5.74, 6) is 1.97. The normalized spacial score (nSPS) is 17.4. The van der Waals surface area contributed by atoms with Crippen LogP contribution in [0.25, 0.3) is 0 Å². The minimum Gasteiger partial charge on any atom is -0.389 e. The Bertz CT molecular complexity index is 389. The average Bonchev–Trinajstić information content (AvgIpc) is 3.05. The maximum absolute atomic E-state index is 9.68. The Hall–Kier alpha value is -0.980. The fourth-order valence-electron chi connectivity index (χ4n) is 2.24. The molecule has 1 aromatic rings. The van der Waals surface area contributed by atoms with E-state index in [1.807, 2.05) is 18.9 Å². The summed E-state index contributed by atoms with van der Waals surface area (Å²) in [6.45, 7) is 3.63. The molecule has 1 aliphatic rings. The molecule has 1 aliphatic carbocycles. The summed E-state index contributed by atoms with van der Waals surface area (Å²) in [4.78, 5) is 2.05. The van der Waals surface area contributed by atoms with Gasteiger partial charge in [0, 0.05) is 19.7 Å². The van der Waals surface area contributed by atoms with Gasteiger partial charge in [0.1, 0.15) is 11.6 Å². The third-order valence-electron chi connectivity index (χ3n) is 3.14. The molecule has 0 amide bonds. The Morgan fingerprint density at radius 2 is 2.22 bits per heavy atom. The number of ether oxygens (including phenoxy) is 1. The van der Waals surface area contributed by atoms with Crippen LogP contribution in [0.3, 0.4) is 0 Å². The van der Waals surface area contributed by atoms with Gasteiger partial charge in [-0.15, -0.1) is 10.2 Å². The molecule has 0 radical (unpaired) electrons. The number of rotatable bonds is 7. The smallest absolute Gasteiger partial charge is 0.147 e. The van der Waals surface area contributed by atoms with E-state index in [4.69, 9.17) is 4.74 Å². The van der Waals surface area contributed by atoms with Crippen molar-refractivity contribution in [3.05, 3.63) is 11.6 Å². The van der Waals surface area contributed by atoms with Gasteiger partial charge in [-0.1, -0.05) is 0 Å². The SMILES string of the molecule is COCC(O)CN(C)Cc1nnc(C)n1C1CC1. The zero-order chi connectivity index (χ0) is 13.1. The summed E-state index contributed by atoms with van der Waals surface area (Å²) in [7, 11) is 3.57. The summed E-state index contributed by atoms with van der Waals surface area (Å²) in [5.41, 5.74) is 0. The highest BCUT2D eigenvalue weighted by Crippen LogP contribution is 2.36. The van der Waals surface area contributed by atoms with Gasteiger partial charge in [0.05, 0.1) is 19.3 Å². The molecule has 0 saturated heterocycles. The molecular weight excluding hydrogens is 232 g/mol. The molecule has 6 nitrogen and oxygen atoms in total. The Kier molecular flexibility index (Phi) is 4.31. The lowest BCUT2D eigenvalue weighted by Gasteiger charge is -2.20. The molecular formula is C12H22N4O2. The number of aliphatic hydroxyl groups excluding tert-OH is 1. The molecule has 18 heavy (non-hydrogen) atoms. The van der Waals surface area contributed by atoms with Gasteiger partial charge in [0.25, 0.3) is 0 Å². The monoisotopic (exact) mass is 254 g/mol. The van der Waals surface area contributed by atoms with Crippen molar-refractivity contribution >= 4 is 0 Å². The average molecular weight is 254 g/mol. The highest BCUT2D eigenvalue weighted by Gasteiger charge is 2.28. The standard InChI is InChI=1S/C12H22N4O2/c1-9-13-14-12(16(9)10-4-5-10)7-15(2)6-11(17)8-18-3/h10-11,17H,4-8H2,1-3H3. The first-order valence-electron chi connectivity index (χ1n) is 6.37.